The van der Waals surface area contributed by atoms with Gasteiger partial charge in [-0.15, -0.1) is 0 Å². The summed E-state index contributed by atoms with van der Waals surface area (Å²) in [5.74, 6) is 0. The van der Waals surface area contributed by atoms with Gasteiger partial charge in [0.05, 0.1) is 6.61 Å². The van der Waals surface area contributed by atoms with Gasteiger partial charge in [-0.05, 0) is 31.2 Å². The van der Waals surface area contributed by atoms with E-state index in [1.54, 1.807) is 0 Å². The van der Waals surface area contributed by atoms with Crippen molar-refractivity contribution < 1.29 is 4.74 Å². The molecule has 0 bridgehead atoms. The maximum absolute atomic E-state index is 5.61. The second kappa shape index (κ2) is 5.50. The summed E-state index contributed by atoms with van der Waals surface area (Å²) >= 11 is 0. The molecule has 0 aromatic heterocycles. The molecule has 14 heavy (non-hydrogen) atoms. The molecule has 0 aliphatic carbocycles. The monoisotopic (exact) mass is 194 g/mol. The van der Waals surface area contributed by atoms with E-state index in [2.05, 4.69) is 4.90 Å². The molecule has 0 amide bonds. The first kappa shape index (κ1) is 10.9. The predicted octanol–water partition coefficient (Wildman–Crippen LogP) is 1.74. The van der Waals surface area contributed by atoms with Gasteiger partial charge in [-0.3, -0.25) is 0 Å². The Kier molecular flexibility index (Phi) is 4.26. The van der Waals surface area contributed by atoms with Gasteiger partial charge in [-0.1, -0.05) is 0 Å². The van der Waals surface area contributed by atoms with Crippen LogP contribution in [-0.4, -0.2) is 26.8 Å². The van der Waals surface area contributed by atoms with Crippen molar-refractivity contribution >= 4 is 11.4 Å². The topological polar surface area (TPSA) is 38.5 Å². The number of nitrogens with two attached hydrogens (primary N) is 1. The third kappa shape index (κ3) is 3.26. The molecule has 0 saturated heterocycles. The Balaban J connectivity index is 2.43. The molecule has 1 rings (SSSR count). The van der Waals surface area contributed by atoms with Crippen LogP contribution in [0.2, 0.25) is 0 Å². The van der Waals surface area contributed by atoms with Gasteiger partial charge >= 0.3 is 0 Å². The van der Waals surface area contributed by atoms with Crippen molar-refractivity contribution in [3.63, 3.8) is 0 Å². The molecule has 0 spiro atoms. The fourth-order valence-electron chi connectivity index (χ4n) is 1.20. The molecule has 3 nitrogen and oxygen atoms in total. The Bertz CT molecular complexity index is 258. The van der Waals surface area contributed by atoms with Crippen LogP contribution in [0, 0.1) is 0 Å². The highest BCUT2D eigenvalue weighted by Crippen LogP contribution is 2.14. The van der Waals surface area contributed by atoms with E-state index in [1.807, 2.05) is 38.2 Å². The van der Waals surface area contributed by atoms with E-state index in [9.17, 15) is 0 Å². The molecule has 0 fully saturated rings. The minimum absolute atomic E-state index is 0.761. The average molecular weight is 194 g/mol. The van der Waals surface area contributed by atoms with E-state index in [4.69, 9.17) is 10.5 Å². The van der Waals surface area contributed by atoms with Gasteiger partial charge in [0, 0.05) is 31.6 Å². The lowest BCUT2D eigenvalue weighted by Gasteiger charge is -2.18. The van der Waals surface area contributed by atoms with Gasteiger partial charge in [-0.25, -0.2) is 0 Å². The van der Waals surface area contributed by atoms with Crippen LogP contribution in [0.5, 0.6) is 0 Å². The van der Waals surface area contributed by atoms with Crippen LogP contribution in [0.4, 0.5) is 11.4 Å². The summed E-state index contributed by atoms with van der Waals surface area (Å²) in [7, 11) is 2.05. The van der Waals surface area contributed by atoms with E-state index in [0.29, 0.717) is 0 Å². The quantitative estimate of drug-likeness (QED) is 0.573. The lowest BCUT2D eigenvalue weighted by atomic mass is 10.2. The summed E-state index contributed by atoms with van der Waals surface area (Å²) in [5.41, 5.74) is 7.57. The second-order valence-corrected chi connectivity index (χ2v) is 3.21. The van der Waals surface area contributed by atoms with E-state index >= 15 is 0 Å². The van der Waals surface area contributed by atoms with Crippen LogP contribution >= 0.6 is 0 Å². The number of hydrogen-bond donors (Lipinski definition) is 1. The van der Waals surface area contributed by atoms with Crippen LogP contribution < -0.4 is 10.6 Å². The molecule has 0 aliphatic rings. The lowest BCUT2D eigenvalue weighted by Crippen LogP contribution is -2.22. The highest BCUT2D eigenvalue weighted by molar-refractivity contribution is 5.52. The fourth-order valence-corrected chi connectivity index (χ4v) is 1.20. The van der Waals surface area contributed by atoms with Crippen molar-refractivity contribution in [3.8, 4) is 0 Å². The molecule has 1 aromatic rings. The van der Waals surface area contributed by atoms with Gasteiger partial charge in [0.1, 0.15) is 0 Å². The lowest BCUT2D eigenvalue weighted by molar-refractivity contribution is 0.154. The molecule has 2 N–H and O–H groups in total. The highest BCUT2D eigenvalue weighted by atomic mass is 16.5. The van der Waals surface area contributed by atoms with Crippen LogP contribution in [0.1, 0.15) is 6.92 Å². The minimum atomic E-state index is 0.761. The SMILES string of the molecule is CCOCCN(C)c1ccc(N)cc1. The molecule has 0 aliphatic heterocycles. The maximum Gasteiger partial charge on any atom is 0.0641 e. The van der Waals surface area contributed by atoms with Crippen molar-refractivity contribution in [1.82, 2.24) is 0 Å². The van der Waals surface area contributed by atoms with Gasteiger partial charge in [0.15, 0.2) is 0 Å². The Morgan fingerprint density at radius 1 is 1.29 bits per heavy atom. The molecule has 0 atom stereocenters. The number of ether oxygens (including phenoxy) is 1. The molecule has 0 unspecified atom stereocenters. The first-order valence-electron chi connectivity index (χ1n) is 4.88. The molecule has 1 aromatic carbocycles. The van der Waals surface area contributed by atoms with Crippen LogP contribution in [0.3, 0.4) is 0 Å². The second-order valence-electron chi connectivity index (χ2n) is 3.21. The average Bonchev–Trinajstić information content (AvgIpc) is 2.19. The van der Waals surface area contributed by atoms with Gasteiger partial charge < -0.3 is 15.4 Å². The van der Waals surface area contributed by atoms with Crippen molar-refractivity contribution in [2.45, 2.75) is 6.92 Å². The normalized spacial score (nSPS) is 10.1. The van der Waals surface area contributed by atoms with Crippen molar-refractivity contribution in [3.05, 3.63) is 24.3 Å². The third-order valence-corrected chi connectivity index (χ3v) is 2.11. The van der Waals surface area contributed by atoms with Gasteiger partial charge in [0.25, 0.3) is 0 Å². The van der Waals surface area contributed by atoms with E-state index < -0.39 is 0 Å². The van der Waals surface area contributed by atoms with E-state index in [0.717, 1.165) is 25.4 Å². The summed E-state index contributed by atoms with van der Waals surface area (Å²) in [4.78, 5) is 2.15. The molecule has 0 heterocycles. The van der Waals surface area contributed by atoms with Crippen molar-refractivity contribution in [1.29, 1.82) is 0 Å². The molecule has 0 radical (unpaired) electrons. The zero-order valence-corrected chi connectivity index (χ0v) is 8.86. The zero-order valence-electron chi connectivity index (χ0n) is 8.86. The molecule has 3 heteroatoms. The Hall–Kier alpha value is -1.22. The van der Waals surface area contributed by atoms with E-state index in [1.165, 1.54) is 5.69 Å². The van der Waals surface area contributed by atoms with Crippen molar-refractivity contribution in [2.24, 2.45) is 0 Å². The summed E-state index contributed by atoms with van der Waals surface area (Å²) in [6.07, 6.45) is 0. The first-order chi connectivity index (χ1) is 6.74. The van der Waals surface area contributed by atoms with Crippen LogP contribution in [-0.2, 0) is 4.74 Å². The number of hydrogen-bond acceptors (Lipinski definition) is 3. The summed E-state index contributed by atoms with van der Waals surface area (Å²) in [5, 5.41) is 0. The largest absolute Gasteiger partial charge is 0.399 e. The fraction of sp³-hybridized carbons (Fsp3) is 0.455. The summed E-state index contributed by atoms with van der Waals surface area (Å²) in [6, 6.07) is 7.85. The molecular formula is C11H18N2O. The molecular weight excluding hydrogens is 176 g/mol. The Labute approximate surface area is 85.5 Å². The van der Waals surface area contributed by atoms with Crippen molar-refractivity contribution in [2.75, 3.05) is 37.4 Å². The van der Waals surface area contributed by atoms with Crippen LogP contribution in [0.25, 0.3) is 0 Å². The standard InChI is InChI=1S/C11H18N2O/c1-3-14-9-8-13(2)11-6-4-10(12)5-7-11/h4-7H,3,8-9,12H2,1-2H3. The number of likely N-dealkylation sites (N-methyl/N-ethyl adjacent to an activating group) is 1. The minimum Gasteiger partial charge on any atom is -0.399 e. The van der Waals surface area contributed by atoms with Gasteiger partial charge in [0.2, 0.25) is 0 Å². The first-order valence-corrected chi connectivity index (χ1v) is 4.88. The highest BCUT2D eigenvalue weighted by Gasteiger charge is 1.99. The predicted molar refractivity (Wildman–Crippen MR) is 60.6 cm³/mol. The number of benzene rings is 1. The molecule has 78 valence electrons. The number of nitrogen functional groups attached to an aromatic ring is 1. The number of anilines is 2. The zero-order chi connectivity index (χ0) is 10.4. The Morgan fingerprint density at radius 2 is 1.93 bits per heavy atom. The molecule has 0 saturated carbocycles. The van der Waals surface area contributed by atoms with Crippen LogP contribution in [0.15, 0.2) is 24.3 Å². The maximum atomic E-state index is 5.61. The van der Waals surface area contributed by atoms with Gasteiger partial charge in [-0.2, -0.15) is 0 Å². The number of nitrogens with zero attached hydrogens (tertiary/aromatic N) is 1. The smallest absolute Gasteiger partial charge is 0.0641 e. The van der Waals surface area contributed by atoms with E-state index in [-0.39, 0.29) is 0 Å². The third-order valence-electron chi connectivity index (χ3n) is 2.11. The number of rotatable bonds is 5. The Morgan fingerprint density at radius 3 is 2.50 bits per heavy atom. The summed E-state index contributed by atoms with van der Waals surface area (Å²) in [6.45, 7) is 4.44. The summed E-state index contributed by atoms with van der Waals surface area (Å²) < 4.78 is 5.28.